The first-order chi connectivity index (χ1) is 12.3. The van der Waals surface area contributed by atoms with Gasteiger partial charge in [0.05, 0.1) is 11.5 Å². The number of nitrogens with one attached hydrogen (secondary N) is 1. The minimum absolute atomic E-state index is 0. The fraction of sp³-hybridized carbons (Fsp3) is 0.500. The Morgan fingerprint density at radius 2 is 2.11 bits per heavy atom. The van der Waals surface area contributed by atoms with E-state index in [0.717, 1.165) is 19.3 Å². The van der Waals surface area contributed by atoms with E-state index in [1.165, 1.54) is 12.1 Å². The predicted octanol–water partition coefficient (Wildman–Crippen LogP) is 2.89. The molecule has 0 amide bonds. The van der Waals surface area contributed by atoms with Crippen LogP contribution in [0.3, 0.4) is 0 Å². The molecule has 1 heterocycles. The summed E-state index contributed by atoms with van der Waals surface area (Å²) in [7, 11) is -3.68. The van der Waals surface area contributed by atoms with Gasteiger partial charge in [0.25, 0.3) is 0 Å². The molecular weight excluding hydrogens is 392 g/mol. The number of halogens is 1. The Morgan fingerprint density at radius 3 is 2.78 bits per heavy atom. The van der Waals surface area contributed by atoms with Gasteiger partial charge in [-0.1, -0.05) is 6.42 Å². The third-order valence-electron chi connectivity index (χ3n) is 4.72. The van der Waals surface area contributed by atoms with Crippen molar-refractivity contribution in [2.45, 2.75) is 56.5 Å². The summed E-state index contributed by atoms with van der Waals surface area (Å²) >= 11 is 0. The molecule has 3 N–H and O–H groups in total. The zero-order chi connectivity index (χ0) is 18.9. The van der Waals surface area contributed by atoms with Crippen LogP contribution in [0.5, 0.6) is 0 Å². The van der Waals surface area contributed by atoms with E-state index >= 15 is 0 Å². The fourth-order valence-corrected chi connectivity index (χ4v) is 4.69. The van der Waals surface area contributed by atoms with Crippen LogP contribution in [0.25, 0.3) is 11.0 Å². The van der Waals surface area contributed by atoms with Gasteiger partial charge < -0.3 is 14.9 Å². The summed E-state index contributed by atoms with van der Waals surface area (Å²) in [6, 6.07) is 4.45. The number of fused-ring (bicyclic) bond motifs is 1. The van der Waals surface area contributed by atoms with Crippen LogP contribution < -0.4 is 10.5 Å². The lowest BCUT2D eigenvalue weighted by Crippen LogP contribution is -2.42. The van der Waals surface area contributed by atoms with E-state index in [2.05, 4.69) is 4.72 Å². The maximum absolute atomic E-state index is 12.7. The molecule has 1 aliphatic carbocycles. The van der Waals surface area contributed by atoms with Crippen LogP contribution in [-0.2, 0) is 14.8 Å². The molecule has 0 spiro atoms. The van der Waals surface area contributed by atoms with E-state index in [9.17, 15) is 13.2 Å². The molecule has 2 aromatic rings. The standard InChI is InChI=1S/C18H24N2O5S.ClH/c1-3-24-18(21)17-11(2)15-10-14(7-8-16(15)25-17)26(22,23)20-13-6-4-5-12(19)9-13;/h7-8,10,12-13,20H,3-6,9,19H2,1-2H3;1H. The molecule has 9 heteroatoms. The number of aryl methyl sites for hydroxylation is 1. The lowest BCUT2D eigenvalue weighted by molar-refractivity contribution is 0.0491. The van der Waals surface area contributed by atoms with Crippen molar-refractivity contribution in [2.24, 2.45) is 5.73 Å². The normalized spacial score (nSPS) is 20.3. The van der Waals surface area contributed by atoms with Crippen LogP contribution in [0.15, 0.2) is 27.5 Å². The van der Waals surface area contributed by atoms with E-state index in [1.807, 2.05) is 0 Å². The second kappa shape index (κ2) is 8.60. The molecule has 1 fully saturated rings. The van der Waals surface area contributed by atoms with Gasteiger partial charge >= 0.3 is 5.97 Å². The van der Waals surface area contributed by atoms with Gasteiger partial charge in [-0.25, -0.2) is 17.9 Å². The zero-order valence-corrected chi connectivity index (χ0v) is 17.0. The van der Waals surface area contributed by atoms with E-state index < -0.39 is 16.0 Å². The summed E-state index contributed by atoms with van der Waals surface area (Å²) in [6.07, 6.45) is 3.26. The number of esters is 1. The van der Waals surface area contributed by atoms with Gasteiger partial charge in [-0.15, -0.1) is 12.4 Å². The number of ether oxygens (including phenoxy) is 1. The summed E-state index contributed by atoms with van der Waals surface area (Å²) in [6.45, 7) is 3.66. The van der Waals surface area contributed by atoms with Gasteiger partial charge in [0, 0.05) is 23.0 Å². The monoisotopic (exact) mass is 416 g/mol. The Bertz CT molecular complexity index is 925. The maximum atomic E-state index is 12.7. The first-order valence-corrected chi connectivity index (χ1v) is 10.3. The largest absolute Gasteiger partial charge is 0.460 e. The number of carbonyl (C=O) groups excluding carboxylic acids is 1. The lowest BCUT2D eigenvalue weighted by Gasteiger charge is -2.27. The van der Waals surface area contributed by atoms with E-state index in [-0.39, 0.29) is 41.8 Å². The second-order valence-corrected chi connectivity index (χ2v) is 8.39. The molecule has 2 atom stereocenters. The van der Waals surface area contributed by atoms with E-state index in [0.29, 0.717) is 23.0 Å². The van der Waals surface area contributed by atoms with Crippen molar-refractivity contribution in [3.05, 3.63) is 29.5 Å². The van der Waals surface area contributed by atoms with Crippen LogP contribution in [0.1, 0.15) is 48.7 Å². The molecule has 7 nitrogen and oxygen atoms in total. The average Bonchev–Trinajstić information content (AvgIpc) is 2.91. The number of hydrogen-bond donors (Lipinski definition) is 2. The van der Waals surface area contributed by atoms with Gasteiger partial charge in [-0.3, -0.25) is 0 Å². The van der Waals surface area contributed by atoms with Gasteiger partial charge in [0.2, 0.25) is 15.8 Å². The highest BCUT2D eigenvalue weighted by atomic mass is 35.5. The molecule has 1 saturated carbocycles. The number of benzene rings is 1. The zero-order valence-electron chi connectivity index (χ0n) is 15.4. The molecule has 0 radical (unpaired) electrons. The van der Waals surface area contributed by atoms with Crippen LogP contribution in [0, 0.1) is 6.92 Å². The fourth-order valence-electron chi connectivity index (χ4n) is 3.38. The molecule has 27 heavy (non-hydrogen) atoms. The molecule has 3 rings (SSSR count). The number of hydrogen-bond acceptors (Lipinski definition) is 6. The molecule has 0 bridgehead atoms. The molecule has 1 aromatic heterocycles. The Morgan fingerprint density at radius 1 is 1.37 bits per heavy atom. The summed E-state index contributed by atoms with van der Waals surface area (Å²) in [4.78, 5) is 12.1. The van der Waals surface area contributed by atoms with Crippen molar-refractivity contribution in [1.82, 2.24) is 4.72 Å². The first-order valence-electron chi connectivity index (χ1n) is 8.80. The maximum Gasteiger partial charge on any atom is 0.374 e. The summed E-state index contributed by atoms with van der Waals surface area (Å²) in [5.74, 6) is -0.456. The topological polar surface area (TPSA) is 112 Å². The minimum Gasteiger partial charge on any atom is -0.460 e. The van der Waals surface area contributed by atoms with Crippen LogP contribution in [0.4, 0.5) is 0 Å². The lowest BCUT2D eigenvalue weighted by atomic mass is 9.92. The number of nitrogens with two attached hydrogens (primary N) is 1. The van der Waals surface area contributed by atoms with Crippen molar-refractivity contribution in [2.75, 3.05) is 6.61 Å². The van der Waals surface area contributed by atoms with Gasteiger partial charge in [-0.2, -0.15) is 0 Å². The van der Waals surface area contributed by atoms with Crippen molar-refractivity contribution in [3.63, 3.8) is 0 Å². The quantitative estimate of drug-likeness (QED) is 0.725. The van der Waals surface area contributed by atoms with Gasteiger partial charge in [0.15, 0.2) is 0 Å². The molecule has 150 valence electrons. The molecule has 1 aromatic carbocycles. The number of carbonyl (C=O) groups is 1. The van der Waals surface area contributed by atoms with E-state index in [1.54, 1.807) is 19.9 Å². The third-order valence-corrected chi connectivity index (χ3v) is 6.23. The van der Waals surface area contributed by atoms with E-state index in [4.69, 9.17) is 14.9 Å². The first kappa shape index (κ1) is 21.7. The van der Waals surface area contributed by atoms with Crippen LogP contribution >= 0.6 is 12.4 Å². The number of sulfonamides is 1. The highest BCUT2D eigenvalue weighted by Gasteiger charge is 2.26. The second-order valence-electron chi connectivity index (χ2n) is 6.68. The Balaban J connectivity index is 0.00000261. The summed E-state index contributed by atoms with van der Waals surface area (Å²) in [5.41, 5.74) is 6.95. The highest BCUT2D eigenvalue weighted by molar-refractivity contribution is 7.89. The summed E-state index contributed by atoms with van der Waals surface area (Å²) in [5, 5.41) is 0.580. The average molecular weight is 417 g/mol. The minimum atomic E-state index is -3.68. The van der Waals surface area contributed by atoms with Crippen molar-refractivity contribution in [3.8, 4) is 0 Å². The number of furan rings is 1. The third kappa shape index (κ3) is 4.63. The van der Waals surface area contributed by atoms with Crippen LogP contribution in [-0.4, -0.2) is 33.1 Å². The molecule has 2 unspecified atom stereocenters. The highest BCUT2D eigenvalue weighted by Crippen LogP contribution is 2.29. The van der Waals surface area contributed by atoms with Gasteiger partial charge in [0.1, 0.15) is 5.58 Å². The van der Waals surface area contributed by atoms with Crippen molar-refractivity contribution >= 4 is 39.4 Å². The Hall–Kier alpha value is -1.61. The smallest absolute Gasteiger partial charge is 0.374 e. The molecule has 1 aliphatic rings. The predicted molar refractivity (Wildman–Crippen MR) is 105 cm³/mol. The Kier molecular flexibility index (Phi) is 6.91. The van der Waals surface area contributed by atoms with Crippen molar-refractivity contribution in [1.29, 1.82) is 0 Å². The number of rotatable bonds is 5. The molecule has 0 aliphatic heterocycles. The van der Waals surface area contributed by atoms with Crippen LogP contribution in [0.2, 0.25) is 0 Å². The van der Waals surface area contributed by atoms with Gasteiger partial charge in [-0.05, 0) is 51.3 Å². The molecular formula is C18H25ClN2O5S. The van der Waals surface area contributed by atoms with Crippen molar-refractivity contribution < 1.29 is 22.4 Å². The molecule has 0 saturated heterocycles. The Labute approximate surface area is 165 Å². The summed E-state index contributed by atoms with van der Waals surface area (Å²) < 4.78 is 38.7. The SMILES string of the molecule is CCOC(=O)c1oc2ccc(S(=O)(=O)NC3CCCC(N)C3)cc2c1C.Cl.